The summed E-state index contributed by atoms with van der Waals surface area (Å²) in [4.78, 5) is 4.35. The fourth-order valence-corrected chi connectivity index (χ4v) is 2.65. The van der Waals surface area contributed by atoms with Gasteiger partial charge in [0, 0.05) is 45.7 Å². The molecule has 0 spiro atoms. The van der Waals surface area contributed by atoms with Crippen molar-refractivity contribution < 1.29 is 9.47 Å². The normalized spacial score (nSPS) is 27.0. The van der Waals surface area contributed by atoms with Gasteiger partial charge in [0.05, 0.1) is 12.7 Å². The minimum Gasteiger partial charge on any atom is -0.383 e. The summed E-state index contributed by atoms with van der Waals surface area (Å²) in [6, 6.07) is 0. The Morgan fingerprint density at radius 2 is 2.47 bits per heavy atom. The third kappa shape index (κ3) is 3.32. The Bertz CT molecular complexity index is 396. The van der Waals surface area contributed by atoms with Gasteiger partial charge in [0.1, 0.15) is 12.2 Å². The first-order chi connectivity index (χ1) is 9.18. The van der Waals surface area contributed by atoms with Crippen molar-refractivity contribution in [1.82, 2.24) is 20.1 Å². The lowest BCUT2D eigenvalue weighted by Crippen LogP contribution is -2.42. The zero-order valence-electron chi connectivity index (χ0n) is 12.1. The number of aryl methyl sites for hydroxylation is 1. The maximum Gasteiger partial charge on any atom is 0.138 e. The zero-order chi connectivity index (χ0) is 13.7. The summed E-state index contributed by atoms with van der Waals surface area (Å²) in [6.07, 6.45) is 3.80. The van der Waals surface area contributed by atoms with Gasteiger partial charge in [-0.1, -0.05) is 0 Å². The van der Waals surface area contributed by atoms with Gasteiger partial charge in [-0.25, -0.2) is 4.98 Å². The molecule has 19 heavy (non-hydrogen) atoms. The summed E-state index contributed by atoms with van der Waals surface area (Å²) in [7, 11) is 3.66. The molecule has 108 valence electrons. The topological polar surface area (TPSA) is 61.2 Å². The number of ether oxygens (including phenoxy) is 2. The summed E-state index contributed by atoms with van der Waals surface area (Å²) in [5.74, 6) is 1.02. The number of rotatable bonds is 7. The first-order valence-electron chi connectivity index (χ1n) is 6.82. The Labute approximate surface area is 114 Å². The summed E-state index contributed by atoms with van der Waals surface area (Å²) in [5, 5.41) is 7.62. The van der Waals surface area contributed by atoms with Crippen LogP contribution in [0.15, 0.2) is 6.33 Å². The molecule has 0 aromatic carbocycles. The van der Waals surface area contributed by atoms with E-state index >= 15 is 0 Å². The molecule has 0 aliphatic carbocycles. The van der Waals surface area contributed by atoms with E-state index in [-0.39, 0.29) is 11.5 Å². The molecule has 1 N–H and O–H groups in total. The molecule has 0 radical (unpaired) electrons. The molecule has 1 aliphatic heterocycles. The van der Waals surface area contributed by atoms with E-state index in [2.05, 4.69) is 22.3 Å². The van der Waals surface area contributed by atoms with Gasteiger partial charge < -0.3 is 14.8 Å². The van der Waals surface area contributed by atoms with Gasteiger partial charge in [-0.2, -0.15) is 5.10 Å². The first-order valence-corrected chi connectivity index (χ1v) is 6.82. The first kappa shape index (κ1) is 14.4. The molecule has 2 rings (SSSR count). The Hall–Kier alpha value is -0.980. The number of methoxy groups -OCH3 is 1. The Balaban J connectivity index is 2.01. The van der Waals surface area contributed by atoms with Crippen molar-refractivity contribution in [3.63, 3.8) is 0 Å². The van der Waals surface area contributed by atoms with E-state index in [1.807, 2.05) is 11.7 Å². The minimum absolute atomic E-state index is 0.106. The molecule has 1 aliphatic rings. The van der Waals surface area contributed by atoms with Crippen LogP contribution in [0.5, 0.6) is 0 Å². The van der Waals surface area contributed by atoms with E-state index in [1.165, 1.54) is 0 Å². The van der Waals surface area contributed by atoms with Crippen molar-refractivity contribution in [2.45, 2.75) is 25.9 Å². The second-order valence-electron chi connectivity index (χ2n) is 5.27. The Morgan fingerprint density at radius 1 is 1.63 bits per heavy atom. The monoisotopic (exact) mass is 268 g/mol. The van der Waals surface area contributed by atoms with Crippen molar-refractivity contribution in [3.05, 3.63) is 12.2 Å². The van der Waals surface area contributed by atoms with Gasteiger partial charge in [-0.15, -0.1) is 0 Å². The highest BCUT2D eigenvalue weighted by molar-refractivity contribution is 5.00. The lowest BCUT2D eigenvalue weighted by Gasteiger charge is -2.32. The van der Waals surface area contributed by atoms with E-state index < -0.39 is 0 Å². The summed E-state index contributed by atoms with van der Waals surface area (Å²) >= 11 is 0. The maximum absolute atomic E-state index is 5.79. The summed E-state index contributed by atoms with van der Waals surface area (Å²) < 4.78 is 12.7. The molecule has 6 nitrogen and oxygen atoms in total. The van der Waals surface area contributed by atoms with Crippen LogP contribution in [0.25, 0.3) is 0 Å². The fraction of sp³-hybridized carbons (Fsp3) is 0.846. The second-order valence-corrected chi connectivity index (χ2v) is 5.27. The largest absolute Gasteiger partial charge is 0.383 e. The lowest BCUT2D eigenvalue weighted by atomic mass is 9.78. The number of aromatic nitrogens is 3. The summed E-state index contributed by atoms with van der Waals surface area (Å²) in [6.45, 7) is 5.50. The Kier molecular flexibility index (Phi) is 4.90. The zero-order valence-corrected chi connectivity index (χ0v) is 12.1. The van der Waals surface area contributed by atoms with Gasteiger partial charge in [0.2, 0.25) is 0 Å². The highest BCUT2D eigenvalue weighted by atomic mass is 16.5. The van der Waals surface area contributed by atoms with Crippen LogP contribution in [-0.4, -0.2) is 54.3 Å². The number of hydrogen-bond acceptors (Lipinski definition) is 5. The summed E-state index contributed by atoms with van der Waals surface area (Å²) in [5.41, 5.74) is 0.106. The average Bonchev–Trinajstić information content (AvgIpc) is 2.94. The van der Waals surface area contributed by atoms with Crippen molar-refractivity contribution in [3.8, 4) is 0 Å². The molecule has 1 aromatic rings. The van der Waals surface area contributed by atoms with Crippen molar-refractivity contribution in [1.29, 1.82) is 0 Å². The van der Waals surface area contributed by atoms with Crippen molar-refractivity contribution >= 4 is 0 Å². The quantitative estimate of drug-likeness (QED) is 0.725. The molecular formula is C13H24N4O2. The SMILES string of the molecule is COCCNCC1(Cc2ncnn2C)CCOC1C. The third-order valence-corrected chi connectivity index (χ3v) is 4.11. The van der Waals surface area contributed by atoms with Crippen LogP contribution < -0.4 is 5.32 Å². The standard InChI is InChI=1S/C13H24N4O2/c1-11-13(4-6-19-11,9-14-5-7-18-3)8-12-15-10-16-17(12)2/h10-11,14H,4-9H2,1-3H3. The van der Waals surface area contributed by atoms with Crippen molar-refractivity contribution in [2.75, 3.05) is 33.4 Å². The molecule has 0 amide bonds. The van der Waals surface area contributed by atoms with E-state index in [0.29, 0.717) is 0 Å². The van der Waals surface area contributed by atoms with Gasteiger partial charge in [-0.3, -0.25) is 4.68 Å². The highest BCUT2D eigenvalue weighted by Crippen LogP contribution is 2.37. The van der Waals surface area contributed by atoms with E-state index in [0.717, 1.165) is 45.0 Å². The number of nitrogens with one attached hydrogen (secondary N) is 1. The minimum atomic E-state index is 0.106. The molecule has 2 atom stereocenters. The fourth-order valence-electron chi connectivity index (χ4n) is 2.65. The maximum atomic E-state index is 5.79. The van der Waals surface area contributed by atoms with Crippen LogP contribution >= 0.6 is 0 Å². The van der Waals surface area contributed by atoms with Gasteiger partial charge in [0.15, 0.2) is 0 Å². The average molecular weight is 268 g/mol. The molecule has 6 heteroatoms. The third-order valence-electron chi connectivity index (χ3n) is 4.11. The van der Waals surface area contributed by atoms with Crippen LogP contribution in [0.3, 0.4) is 0 Å². The lowest BCUT2D eigenvalue weighted by molar-refractivity contribution is 0.0605. The van der Waals surface area contributed by atoms with Crippen LogP contribution in [0.4, 0.5) is 0 Å². The number of hydrogen-bond donors (Lipinski definition) is 1. The van der Waals surface area contributed by atoms with Gasteiger partial charge in [-0.05, 0) is 13.3 Å². The molecule has 1 aromatic heterocycles. The molecule has 1 fully saturated rings. The van der Waals surface area contributed by atoms with Crippen LogP contribution in [0.1, 0.15) is 19.2 Å². The van der Waals surface area contributed by atoms with Crippen LogP contribution in [0.2, 0.25) is 0 Å². The molecule has 0 bridgehead atoms. The van der Waals surface area contributed by atoms with E-state index in [9.17, 15) is 0 Å². The van der Waals surface area contributed by atoms with Gasteiger partial charge >= 0.3 is 0 Å². The molecule has 0 saturated carbocycles. The number of nitrogens with zero attached hydrogens (tertiary/aromatic N) is 3. The predicted octanol–water partition coefficient (Wildman–Crippen LogP) is 0.389. The molecule has 2 heterocycles. The van der Waals surface area contributed by atoms with Crippen LogP contribution in [0, 0.1) is 5.41 Å². The van der Waals surface area contributed by atoms with E-state index in [1.54, 1.807) is 13.4 Å². The molecular weight excluding hydrogens is 244 g/mol. The molecule has 2 unspecified atom stereocenters. The van der Waals surface area contributed by atoms with E-state index in [4.69, 9.17) is 9.47 Å². The predicted molar refractivity (Wildman–Crippen MR) is 71.9 cm³/mol. The highest BCUT2D eigenvalue weighted by Gasteiger charge is 2.42. The second kappa shape index (κ2) is 6.45. The molecule has 1 saturated heterocycles. The van der Waals surface area contributed by atoms with Crippen molar-refractivity contribution in [2.24, 2.45) is 12.5 Å². The smallest absolute Gasteiger partial charge is 0.138 e. The Morgan fingerprint density at radius 3 is 3.05 bits per heavy atom. The van der Waals surface area contributed by atoms with Crippen LogP contribution in [-0.2, 0) is 22.9 Å². The van der Waals surface area contributed by atoms with Gasteiger partial charge in [0.25, 0.3) is 0 Å².